The van der Waals surface area contributed by atoms with E-state index < -0.39 is 11.5 Å². The number of aliphatic hydroxyl groups is 1. The number of hydrogen-bond donors (Lipinski definition) is 1. The van der Waals surface area contributed by atoms with Crippen molar-refractivity contribution in [1.29, 1.82) is 0 Å². The summed E-state index contributed by atoms with van der Waals surface area (Å²) in [5, 5.41) is 11.3. The fraction of sp³-hybridized carbons (Fsp3) is 0.435. The van der Waals surface area contributed by atoms with Crippen molar-refractivity contribution in [1.82, 2.24) is 4.90 Å². The number of carbonyl (C=O) groups excluding carboxylic acids is 1. The summed E-state index contributed by atoms with van der Waals surface area (Å²) in [5.41, 5.74) is 0.927. The minimum absolute atomic E-state index is 0.0559. The largest absolute Gasteiger partial charge is 0.489 e. The van der Waals surface area contributed by atoms with E-state index in [-0.39, 0.29) is 5.91 Å². The van der Waals surface area contributed by atoms with E-state index in [9.17, 15) is 9.90 Å². The number of amides is 1. The lowest BCUT2D eigenvalue weighted by Gasteiger charge is -2.39. The summed E-state index contributed by atoms with van der Waals surface area (Å²) >= 11 is 0. The van der Waals surface area contributed by atoms with E-state index in [0.29, 0.717) is 25.2 Å². The third kappa shape index (κ3) is 4.69. The molecular formula is C23H29NO3. The van der Waals surface area contributed by atoms with Crippen LogP contribution in [-0.4, -0.2) is 35.6 Å². The molecule has 0 aliphatic heterocycles. The first-order valence-electron chi connectivity index (χ1n) is 9.70. The number of likely N-dealkylation sites (N-methyl/N-ethyl adjacent to an activating group) is 1. The van der Waals surface area contributed by atoms with Crippen molar-refractivity contribution in [3.8, 4) is 5.75 Å². The van der Waals surface area contributed by atoms with E-state index in [1.54, 1.807) is 19.0 Å². The monoisotopic (exact) mass is 367 g/mol. The minimum Gasteiger partial charge on any atom is -0.489 e. The van der Waals surface area contributed by atoms with Crippen LogP contribution < -0.4 is 4.74 Å². The van der Waals surface area contributed by atoms with Gasteiger partial charge in [0.15, 0.2) is 0 Å². The summed E-state index contributed by atoms with van der Waals surface area (Å²) in [6, 6.07) is 17.6. The summed E-state index contributed by atoms with van der Waals surface area (Å²) in [7, 11) is 3.49. The summed E-state index contributed by atoms with van der Waals surface area (Å²) in [5.74, 6) is 0.0972. The highest BCUT2D eigenvalue weighted by atomic mass is 16.5. The van der Waals surface area contributed by atoms with Gasteiger partial charge in [0.1, 0.15) is 12.4 Å². The molecule has 1 unspecified atom stereocenters. The van der Waals surface area contributed by atoms with Gasteiger partial charge in [-0.1, -0.05) is 61.7 Å². The molecule has 0 bridgehead atoms. The van der Waals surface area contributed by atoms with Gasteiger partial charge in [-0.2, -0.15) is 0 Å². The Labute approximate surface area is 161 Å². The zero-order chi connectivity index (χ0) is 19.3. The molecule has 1 fully saturated rings. The molecule has 1 amide bonds. The summed E-state index contributed by atoms with van der Waals surface area (Å²) in [6.07, 6.45) is 4.35. The van der Waals surface area contributed by atoms with Gasteiger partial charge in [-0.05, 0) is 36.1 Å². The van der Waals surface area contributed by atoms with E-state index >= 15 is 0 Å². The van der Waals surface area contributed by atoms with Crippen LogP contribution in [0.2, 0.25) is 0 Å². The lowest BCUT2D eigenvalue weighted by atomic mass is 9.72. The van der Waals surface area contributed by atoms with Gasteiger partial charge in [0.05, 0.1) is 11.5 Å². The second kappa shape index (κ2) is 8.57. The Morgan fingerprint density at radius 3 is 2.44 bits per heavy atom. The van der Waals surface area contributed by atoms with Crippen LogP contribution in [0.3, 0.4) is 0 Å². The lowest BCUT2D eigenvalue weighted by Crippen LogP contribution is -2.46. The number of ether oxygens (including phenoxy) is 1. The molecule has 0 saturated heterocycles. The maximum Gasteiger partial charge on any atom is 0.232 e. The van der Waals surface area contributed by atoms with Crippen LogP contribution in [0, 0.1) is 0 Å². The SMILES string of the molecule is CN(C)C(=O)C(c1cccc(OCc2ccccc2)c1)C1(O)CCCCC1. The third-order valence-electron chi connectivity index (χ3n) is 5.38. The normalized spacial score (nSPS) is 17.1. The predicted octanol–water partition coefficient (Wildman–Crippen LogP) is 4.13. The van der Waals surface area contributed by atoms with E-state index in [1.165, 1.54) is 0 Å². The molecule has 2 aromatic carbocycles. The second-order valence-electron chi connectivity index (χ2n) is 7.68. The van der Waals surface area contributed by atoms with Crippen LogP contribution in [0.1, 0.15) is 49.1 Å². The van der Waals surface area contributed by atoms with Gasteiger partial charge in [-0.15, -0.1) is 0 Å². The van der Waals surface area contributed by atoms with Crippen LogP contribution in [0.25, 0.3) is 0 Å². The van der Waals surface area contributed by atoms with Gasteiger partial charge in [0.25, 0.3) is 0 Å². The Morgan fingerprint density at radius 2 is 1.78 bits per heavy atom. The van der Waals surface area contributed by atoms with Crippen molar-refractivity contribution < 1.29 is 14.6 Å². The van der Waals surface area contributed by atoms with Crippen molar-refractivity contribution in [3.63, 3.8) is 0 Å². The third-order valence-corrected chi connectivity index (χ3v) is 5.38. The first-order chi connectivity index (χ1) is 13.0. The fourth-order valence-corrected chi connectivity index (χ4v) is 3.92. The van der Waals surface area contributed by atoms with Gasteiger partial charge in [-0.25, -0.2) is 0 Å². The average Bonchev–Trinajstić information content (AvgIpc) is 2.68. The molecule has 1 aliphatic carbocycles. The Kier molecular flexibility index (Phi) is 6.17. The van der Waals surface area contributed by atoms with Gasteiger partial charge in [-0.3, -0.25) is 4.79 Å². The fourth-order valence-electron chi connectivity index (χ4n) is 3.92. The Morgan fingerprint density at radius 1 is 1.07 bits per heavy atom. The molecule has 0 radical (unpaired) electrons. The van der Waals surface area contributed by atoms with E-state index in [4.69, 9.17) is 4.74 Å². The molecule has 4 nitrogen and oxygen atoms in total. The number of nitrogens with zero attached hydrogens (tertiary/aromatic N) is 1. The van der Waals surface area contributed by atoms with Gasteiger partial charge in [0, 0.05) is 14.1 Å². The quantitative estimate of drug-likeness (QED) is 0.835. The van der Waals surface area contributed by atoms with Gasteiger partial charge < -0.3 is 14.7 Å². The van der Waals surface area contributed by atoms with Crippen LogP contribution in [0.5, 0.6) is 5.75 Å². The molecule has 27 heavy (non-hydrogen) atoms. The maximum absolute atomic E-state index is 13.0. The predicted molar refractivity (Wildman–Crippen MR) is 107 cm³/mol. The second-order valence-corrected chi connectivity index (χ2v) is 7.68. The average molecular weight is 367 g/mol. The van der Waals surface area contributed by atoms with E-state index in [2.05, 4.69) is 0 Å². The summed E-state index contributed by atoms with van der Waals surface area (Å²) < 4.78 is 5.94. The van der Waals surface area contributed by atoms with Crippen LogP contribution >= 0.6 is 0 Å². The first kappa shape index (κ1) is 19.4. The molecule has 0 aromatic heterocycles. The van der Waals surface area contributed by atoms with Crippen molar-refractivity contribution in [3.05, 3.63) is 65.7 Å². The number of hydrogen-bond acceptors (Lipinski definition) is 3. The highest BCUT2D eigenvalue weighted by Gasteiger charge is 2.43. The molecule has 1 saturated carbocycles. The number of carbonyl (C=O) groups is 1. The Hall–Kier alpha value is -2.33. The van der Waals surface area contributed by atoms with Crippen molar-refractivity contribution in [2.45, 2.75) is 50.2 Å². The summed E-state index contributed by atoms with van der Waals surface area (Å²) in [4.78, 5) is 14.5. The molecule has 1 aliphatic rings. The van der Waals surface area contributed by atoms with E-state index in [1.807, 2.05) is 54.6 Å². The Bertz CT molecular complexity index is 751. The van der Waals surface area contributed by atoms with Crippen LogP contribution in [0.4, 0.5) is 0 Å². The molecule has 1 N–H and O–H groups in total. The molecule has 0 spiro atoms. The van der Waals surface area contributed by atoms with Crippen molar-refractivity contribution >= 4 is 5.91 Å². The minimum atomic E-state index is -0.988. The molecular weight excluding hydrogens is 338 g/mol. The van der Waals surface area contributed by atoms with Crippen molar-refractivity contribution in [2.75, 3.05) is 14.1 Å². The van der Waals surface area contributed by atoms with E-state index in [0.717, 1.165) is 30.4 Å². The molecule has 2 aromatic rings. The Balaban J connectivity index is 1.85. The zero-order valence-electron chi connectivity index (χ0n) is 16.2. The number of benzene rings is 2. The molecule has 144 valence electrons. The molecule has 4 heteroatoms. The smallest absolute Gasteiger partial charge is 0.232 e. The highest BCUT2D eigenvalue weighted by molar-refractivity contribution is 5.85. The zero-order valence-corrected chi connectivity index (χ0v) is 16.2. The van der Waals surface area contributed by atoms with Gasteiger partial charge in [0.2, 0.25) is 5.91 Å². The number of rotatable bonds is 6. The lowest BCUT2D eigenvalue weighted by molar-refractivity contribution is -0.139. The first-order valence-corrected chi connectivity index (χ1v) is 9.70. The van der Waals surface area contributed by atoms with Crippen LogP contribution in [0.15, 0.2) is 54.6 Å². The molecule has 3 rings (SSSR count). The maximum atomic E-state index is 13.0. The highest BCUT2D eigenvalue weighted by Crippen LogP contribution is 2.41. The van der Waals surface area contributed by atoms with Crippen molar-refractivity contribution in [2.24, 2.45) is 0 Å². The standard InChI is InChI=1S/C23H29NO3/c1-24(2)22(25)21(23(26)14-7-4-8-15-23)19-12-9-13-20(16-19)27-17-18-10-5-3-6-11-18/h3,5-6,9-13,16,21,26H,4,7-8,14-15,17H2,1-2H3. The molecule has 0 heterocycles. The van der Waals surface area contributed by atoms with Gasteiger partial charge >= 0.3 is 0 Å². The molecule has 1 atom stereocenters. The summed E-state index contributed by atoms with van der Waals surface area (Å²) in [6.45, 7) is 0.473. The topological polar surface area (TPSA) is 49.8 Å². The van der Waals surface area contributed by atoms with Crippen LogP contribution in [-0.2, 0) is 11.4 Å².